The predicted octanol–water partition coefficient (Wildman–Crippen LogP) is 5.15. The Hall–Kier alpha value is -3.79. The summed E-state index contributed by atoms with van der Waals surface area (Å²) in [7, 11) is 3.68. The average molecular weight is 555 g/mol. The summed E-state index contributed by atoms with van der Waals surface area (Å²) >= 11 is 3.28. The highest BCUT2D eigenvalue weighted by Gasteiger charge is 2.44. The molecule has 0 saturated heterocycles. The summed E-state index contributed by atoms with van der Waals surface area (Å²) in [6.45, 7) is 1.32. The Morgan fingerprint density at radius 2 is 1.92 bits per heavy atom. The Bertz CT molecular complexity index is 1330. The van der Waals surface area contributed by atoms with Crippen molar-refractivity contribution in [3.63, 3.8) is 0 Å². The average Bonchev–Trinajstić information content (AvgIpc) is 3.58. The van der Waals surface area contributed by atoms with E-state index in [-0.39, 0.29) is 28.2 Å². The van der Waals surface area contributed by atoms with Crippen molar-refractivity contribution in [3.05, 3.63) is 81.7 Å². The van der Waals surface area contributed by atoms with Crippen molar-refractivity contribution in [2.45, 2.75) is 25.3 Å². The van der Waals surface area contributed by atoms with Crippen LogP contribution in [0.25, 0.3) is 0 Å². The lowest BCUT2D eigenvalue weighted by Gasteiger charge is -2.16. The van der Waals surface area contributed by atoms with Gasteiger partial charge in [-0.3, -0.25) is 10.1 Å². The lowest BCUT2D eigenvalue weighted by molar-refractivity contribution is 0.0730. The van der Waals surface area contributed by atoms with Gasteiger partial charge in [-0.15, -0.1) is 0 Å². The summed E-state index contributed by atoms with van der Waals surface area (Å²) in [6, 6.07) is 11.7. The second kappa shape index (κ2) is 10.4. The third kappa shape index (κ3) is 5.71. The Labute approximate surface area is 216 Å². The van der Waals surface area contributed by atoms with Gasteiger partial charge in [-0.2, -0.15) is 0 Å². The number of ether oxygens (including phenoxy) is 1. The van der Waals surface area contributed by atoms with Gasteiger partial charge in [0.2, 0.25) is 0 Å². The number of hydrogen-bond donors (Lipinski definition) is 2. The molecule has 1 aliphatic rings. The minimum atomic E-state index is -0.711. The van der Waals surface area contributed by atoms with Gasteiger partial charge in [-0.25, -0.2) is 19.0 Å². The fourth-order valence-corrected chi connectivity index (χ4v) is 4.05. The first kappa shape index (κ1) is 25.3. The molecule has 3 aromatic rings. The van der Waals surface area contributed by atoms with Crippen molar-refractivity contribution in [3.8, 4) is 5.75 Å². The SMILES string of the molecule is CC(=O)c1ccc(F)c([C@@H]2C[C@@H]2NC(=O)Nc2ccc(Br)cn2)c1OC(=O)c1cccc(N(C)C)c1. The molecular weight excluding hydrogens is 531 g/mol. The first-order valence-corrected chi connectivity index (χ1v) is 12.0. The highest BCUT2D eigenvalue weighted by atomic mass is 79.9. The number of esters is 1. The summed E-state index contributed by atoms with van der Waals surface area (Å²) in [6.07, 6.45) is 1.97. The van der Waals surface area contributed by atoms with Crippen LogP contribution < -0.4 is 20.3 Å². The minimum Gasteiger partial charge on any atom is -0.422 e. The summed E-state index contributed by atoms with van der Waals surface area (Å²) < 4.78 is 21.5. The van der Waals surface area contributed by atoms with Crippen LogP contribution in [0.5, 0.6) is 5.75 Å². The van der Waals surface area contributed by atoms with Crippen LogP contribution in [-0.2, 0) is 0 Å². The van der Waals surface area contributed by atoms with Crippen LogP contribution in [0, 0.1) is 5.82 Å². The molecule has 0 spiro atoms. The molecule has 36 heavy (non-hydrogen) atoms. The molecule has 2 aromatic carbocycles. The zero-order chi connectivity index (χ0) is 26.0. The molecule has 8 nitrogen and oxygen atoms in total. The quantitative estimate of drug-likeness (QED) is 0.238. The number of ketones is 1. The molecule has 4 rings (SSSR count). The largest absolute Gasteiger partial charge is 0.422 e. The van der Waals surface area contributed by atoms with Crippen molar-refractivity contribution in [2.24, 2.45) is 0 Å². The number of carbonyl (C=O) groups is 3. The van der Waals surface area contributed by atoms with Gasteiger partial charge in [0.15, 0.2) is 5.78 Å². The van der Waals surface area contributed by atoms with E-state index in [2.05, 4.69) is 31.5 Å². The maximum absolute atomic E-state index is 15.1. The Balaban J connectivity index is 1.56. The standard InChI is InChI=1S/C26H24BrFN4O4/c1-14(33)18-8-9-20(28)23(24(18)36-25(34)15-5-4-6-17(11-15)32(2)3)19-12-21(19)30-26(35)31-22-10-7-16(27)13-29-22/h4-11,13,19,21H,12H2,1-3H3,(H2,29,30,31,35)/t19-,21+/m1/s1. The van der Waals surface area contributed by atoms with Crippen molar-refractivity contribution in [1.82, 2.24) is 10.3 Å². The first-order chi connectivity index (χ1) is 17.1. The number of nitrogens with one attached hydrogen (secondary N) is 2. The summed E-state index contributed by atoms with van der Waals surface area (Å²) in [5.74, 6) is -1.93. The van der Waals surface area contributed by atoms with Gasteiger partial charge in [0.25, 0.3) is 0 Å². The van der Waals surface area contributed by atoms with E-state index < -0.39 is 29.8 Å². The first-order valence-electron chi connectivity index (χ1n) is 11.2. The van der Waals surface area contributed by atoms with Crippen LogP contribution in [0.1, 0.15) is 45.5 Å². The highest BCUT2D eigenvalue weighted by molar-refractivity contribution is 9.10. The topological polar surface area (TPSA) is 101 Å². The molecule has 0 radical (unpaired) electrons. The van der Waals surface area contributed by atoms with E-state index in [1.807, 2.05) is 25.1 Å². The van der Waals surface area contributed by atoms with E-state index in [0.29, 0.717) is 12.2 Å². The molecule has 1 heterocycles. The number of benzene rings is 2. The molecule has 0 aliphatic heterocycles. The molecule has 2 amide bonds. The van der Waals surface area contributed by atoms with Crippen LogP contribution in [0.15, 0.2) is 59.2 Å². The van der Waals surface area contributed by atoms with Crippen molar-refractivity contribution in [2.75, 3.05) is 24.3 Å². The number of nitrogens with zero attached hydrogens (tertiary/aromatic N) is 2. The zero-order valence-electron chi connectivity index (χ0n) is 19.8. The summed E-state index contributed by atoms with van der Waals surface area (Å²) in [4.78, 5) is 43.6. The summed E-state index contributed by atoms with van der Waals surface area (Å²) in [5, 5.41) is 5.39. The van der Waals surface area contributed by atoms with Crippen LogP contribution >= 0.6 is 15.9 Å². The Morgan fingerprint density at radius 3 is 2.58 bits per heavy atom. The number of amides is 2. The third-order valence-electron chi connectivity index (χ3n) is 5.76. The van der Waals surface area contributed by atoms with Crippen molar-refractivity contribution in [1.29, 1.82) is 0 Å². The van der Waals surface area contributed by atoms with Gasteiger partial charge >= 0.3 is 12.0 Å². The molecule has 1 fully saturated rings. The second-order valence-corrected chi connectivity index (χ2v) is 9.55. The van der Waals surface area contributed by atoms with Gasteiger partial charge in [-0.05, 0) is 71.7 Å². The molecule has 10 heteroatoms. The fourth-order valence-electron chi connectivity index (χ4n) is 3.81. The summed E-state index contributed by atoms with van der Waals surface area (Å²) in [5.41, 5.74) is 1.23. The lowest BCUT2D eigenvalue weighted by Crippen LogP contribution is -2.31. The number of halogens is 2. The minimum absolute atomic E-state index is 0.0897. The highest BCUT2D eigenvalue weighted by Crippen LogP contribution is 2.47. The molecule has 1 saturated carbocycles. The van der Waals surface area contributed by atoms with E-state index in [1.165, 1.54) is 19.1 Å². The van der Waals surface area contributed by atoms with E-state index in [1.54, 1.807) is 36.5 Å². The monoisotopic (exact) mass is 554 g/mol. The molecule has 1 aliphatic carbocycles. The molecule has 186 valence electrons. The lowest BCUT2D eigenvalue weighted by atomic mass is 10.0. The van der Waals surface area contributed by atoms with Crippen LogP contribution in [0.2, 0.25) is 0 Å². The molecule has 0 bridgehead atoms. The number of urea groups is 1. The molecule has 2 atom stereocenters. The van der Waals surface area contributed by atoms with E-state index >= 15 is 4.39 Å². The van der Waals surface area contributed by atoms with Crippen molar-refractivity contribution < 1.29 is 23.5 Å². The molecule has 1 aromatic heterocycles. The Morgan fingerprint density at radius 1 is 1.14 bits per heavy atom. The fraction of sp³-hybridized carbons (Fsp3) is 0.231. The van der Waals surface area contributed by atoms with Gasteiger partial charge in [-0.1, -0.05) is 6.07 Å². The molecule has 2 N–H and O–H groups in total. The maximum atomic E-state index is 15.1. The van der Waals surface area contributed by atoms with Gasteiger partial charge in [0, 0.05) is 48.0 Å². The maximum Gasteiger partial charge on any atom is 0.343 e. The number of rotatable bonds is 7. The number of aromatic nitrogens is 1. The predicted molar refractivity (Wildman–Crippen MR) is 137 cm³/mol. The number of Topliss-reactive ketones (excluding diaryl/α,β-unsaturated/α-hetero) is 1. The number of pyridine rings is 1. The Kier molecular flexibility index (Phi) is 7.35. The van der Waals surface area contributed by atoms with Gasteiger partial charge in [0.05, 0.1) is 11.1 Å². The van der Waals surface area contributed by atoms with Gasteiger partial charge in [0.1, 0.15) is 17.4 Å². The third-order valence-corrected chi connectivity index (χ3v) is 6.23. The second-order valence-electron chi connectivity index (χ2n) is 8.64. The van der Waals surface area contributed by atoms with E-state index in [9.17, 15) is 14.4 Å². The number of carbonyl (C=O) groups excluding carboxylic acids is 3. The molecular formula is C26H24BrFN4O4. The van der Waals surface area contributed by atoms with E-state index in [4.69, 9.17) is 4.74 Å². The normalized spacial score (nSPS) is 16.1. The number of anilines is 2. The van der Waals surface area contributed by atoms with Crippen molar-refractivity contribution >= 4 is 45.2 Å². The van der Waals surface area contributed by atoms with Crippen LogP contribution in [0.3, 0.4) is 0 Å². The van der Waals surface area contributed by atoms with Crippen LogP contribution in [0.4, 0.5) is 20.7 Å². The smallest absolute Gasteiger partial charge is 0.343 e. The van der Waals surface area contributed by atoms with Gasteiger partial charge < -0.3 is 15.0 Å². The van der Waals surface area contributed by atoms with Crippen LogP contribution in [-0.4, -0.2) is 42.9 Å². The number of hydrogen-bond acceptors (Lipinski definition) is 6. The van der Waals surface area contributed by atoms with E-state index in [0.717, 1.165) is 10.2 Å². The zero-order valence-corrected chi connectivity index (χ0v) is 21.4. The molecule has 0 unspecified atom stereocenters.